The maximum absolute atomic E-state index is 13.0. The first-order valence-electron chi connectivity index (χ1n) is 11.5. The fourth-order valence-electron chi connectivity index (χ4n) is 3.24. The average Bonchev–Trinajstić information content (AvgIpc) is 2.86. The fraction of sp³-hybridized carbons (Fsp3) is 0.192. The third kappa shape index (κ3) is 9.64. The third-order valence-corrected chi connectivity index (χ3v) is 4.99. The Balaban J connectivity index is 0.000000976. The lowest BCUT2D eigenvalue weighted by Gasteiger charge is -2.14. The van der Waals surface area contributed by atoms with Crippen LogP contribution in [0.25, 0.3) is 11.1 Å². The number of aromatic carboxylic acids is 1. The predicted octanol–water partition coefficient (Wildman–Crippen LogP) is 2.87. The lowest BCUT2D eigenvalue weighted by molar-refractivity contribution is 0.0697. The van der Waals surface area contributed by atoms with E-state index in [4.69, 9.17) is 15.7 Å². The minimum absolute atomic E-state index is 0.0880. The Labute approximate surface area is 225 Å². The molecule has 0 saturated heterocycles. The van der Waals surface area contributed by atoms with Crippen LogP contribution in [-0.2, 0) is 10.1 Å². The first-order valence-corrected chi connectivity index (χ1v) is 13.3. The Morgan fingerprint density at radius 2 is 1.54 bits per heavy atom. The molecule has 1 heterocycles. The number of amides is 2. The van der Waals surface area contributed by atoms with E-state index in [1.807, 2.05) is 13.8 Å². The van der Waals surface area contributed by atoms with Crippen LogP contribution in [0.5, 0.6) is 0 Å². The van der Waals surface area contributed by atoms with Gasteiger partial charge in [-0.05, 0) is 59.5 Å². The number of carboxylic acids is 1. The van der Waals surface area contributed by atoms with Crippen LogP contribution in [0.1, 0.15) is 50.5 Å². The van der Waals surface area contributed by atoms with Crippen molar-refractivity contribution in [3.63, 3.8) is 0 Å². The van der Waals surface area contributed by atoms with Crippen molar-refractivity contribution in [2.24, 2.45) is 11.7 Å². The topological polar surface area (TPSA) is 213 Å². The number of benzene rings is 2. The highest BCUT2D eigenvalue weighted by molar-refractivity contribution is 7.85. The minimum Gasteiger partial charge on any atom is -0.478 e. The van der Waals surface area contributed by atoms with Crippen LogP contribution in [0.3, 0.4) is 0 Å². The van der Waals surface area contributed by atoms with Crippen molar-refractivity contribution in [3.05, 3.63) is 83.2 Å². The van der Waals surface area contributed by atoms with Gasteiger partial charge in [0.2, 0.25) is 0 Å². The molecule has 0 aliphatic heterocycles. The maximum atomic E-state index is 13.0. The Bertz CT molecular complexity index is 1480. The summed E-state index contributed by atoms with van der Waals surface area (Å²) in [6, 6.07) is 12.3. The molecule has 39 heavy (non-hydrogen) atoms. The van der Waals surface area contributed by atoms with Crippen LogP contribution >= 0.6 is 0 Å². The standard InChI is InChI=1S/C25H25N5O4.CH4O3S/c1-14(2)12-29-23(31)16-5-8-18(20(11-16)25(33)34)19-9-10-28-13-21(19)24(32)30-17-6-3-15(4-7-17)22(26)27;1-5(2,3)4/h3-11,13-14H,12H2,1-2H3,(H3,26,27)(H,29,31)(H,30,32)(H,33,34);1H3,(H,2,3,4). The van der Waals surface area contributed by atoms with E-state index in [0.29, 0.717) is 29.6 Å². The molecule has 0 aliphatic rings. The molecule has 3 aromatic rings. The molecule has 206 valence electrons. The smallest absolute Gasteiger partial charge is 0.336 e. The maximum Gasteiger partial charge on any atom is 0.336 e. The number of nitrogens with two attached hydrogens (primary N) is 1. The van der Waals surface area contributed by atoms with Crippen molar-refractivity contribution in [1.82, 2.24) is 10.3 Å². The molecule has 0 unspecified atom stereocenters. The lowest BCUT2D eigenvalue weighted by atomic mass is 9.94. The van der Waals surface area contributed by atoms with Crippen LogP contribution in [0.15, 0.2) is 60.9 Å². The molecule has 12 nitrogen and oxygen atoms in total. The number of pyridine rings is 1. The number of rotatable bonds is 8. The number of carbonyl (C=O) groups excluding carboxylic acids is 2. The zero-order chi connectivity index (χ0) is 29.3. The summed E-state index contributed by atoms with van der Waals surface area (Å²) in [6.07, 6.45) is 3.53. The van der Waals surface area contributed by atoms with Crippen molar-refractivity contribution < 1.29 is 32.5 Å². The van der Waals surface area contributed by atoms with Crippen molar-refractivity contribution >= 4 is 39.4 Å². The number of nitrogen functional groups attached to an aromatic ring is 1. The van der Waals surface area contributed by atoms with Crippen LogP contribution in [0.4, 0.5) is 5.69 Å². The van der Waals surface area contributed by atoms with Crippen LogP contribution in [0.2, 0.25) is 0 Å². The van der Waals surface area contributed by atoms with E-state index in [1.165, 1.54) is 30.6 Å². The molecule has 0 aliphatic carbocycles. The molecular weight excluding hydrogens is 526 g/mol. The number of carboxylic acid groups (broad SMARTS) is 1. The summed E-state index contributed by atoms with van der Waals surface area (Å²) < 4.78 is 25.9. The quantitative estimate of drug-likeness (QED) is 0.137. The van der Waals surface area contributed by atoms with Gasteiger partial charge < -0.3 is 21.5 Å². The Kier molecular flexibility index (Phi) is 10.4. The number of nitrogens with zero attached hydrogens (tertiary/aromatic N) is 1. The molecule has 3 rings (SSSR count). The van der Waals surface area contributed by atoms with Gasteiger partial charge in [0, 0.05) is 35.8 Å². The Hall–Kier alpha value is -4.62. The zero-order valence-corrected chi connectivity index (χ0v) is 22.2. The molecule has 7 N–H and O–H groups in total. The molecule has 0 saturated carbocycles. The highest BCUT2D eigenvalue weighted by atomic mass is 32.2. The molecule has 13 heteroatoms. The third-order valence-electron chi connectivity index (χ3n) is 4.99. The molecule has 0 fully saturated rings. The first-order chi connectivity index (χ1) is 18.2. The summed E-state index contributed by atoms with van der Waals surface area (Å²) >= 11 is 0. The second-order valence-corrected chi connectivity index (χ2v) is 10.2. The summed E-state index contributed by atoms with van der Waals surface area (Å²) in [7, 11) is -3.67. The molecule has 2 aromatic carbocycles. The summed E-state index contributed by atoms with van der Waals surface area (Å²) in [5.41, 5.74) is 7.36. The van der Waals surface area contributed by atoms with Gasteiger partial charge in [-0.25, -0.2) is 4.79 Å². The van der Waals surface area contributed by atoms with Gasteiger partial charge in [-0.2, -0.15) is 8.42 Å². The van der Waals surface area contributed by atoms with Gasteiger partial charge in [-0.1, -0.05) is 19.9 Å². The van der Waals surface area contributed by atoms with Crippen molar-refractivity contribution in [3.8, 4) is 11.1 Å². The Morgan fingerprint density at radius 3 is 2.08 bits per heavy atom. The molecule has 1 aromatic heterocycles. The summed E-state index contributed by atoms with van der Waals surface area (Å²) in [6.45, 7) is 4.38. The largest absolute Gasteiger partial charge is 0.478 e. The number of anilines is 1. The molecular formula is C26H29N5O7S. The van der Waals surface area contributed by atoms with E-state index in [2.05, 4.69) is 15.6 Å². The Morgan fingerprint density at radius 1 is 0.974 bits per heavy atom. The van der Waals surface area contributed by atoms with E-state index in [9.17, 15) is 27.9 Å². The summed E-state index contributed by atoms with van der Waals surface area (Å²) in [5.74, 6) is -1.93. The fourth-order valence-corrected chi connectivity index (χ4v) is 3.24. The lowest BCUT2D eigenvalue weighted by Crippen LogP contribution is -2.27. The SMILES string of the molecule is CC(C)CNC(=O)c1ccc(-c2ccncc2C(=O)Nc2ccc(C(=N)N)cc2)c(C(=O)O)c1.CS(=O)(=O)O. The van der Waals surface area contributed by atoms with E-state index < -0.39 is 22.0 Å². The molecule has 0 radical (unpaired) electrons. The van der Waals surface area contributed by atoms with E-state index in [0.717, 1.165) is 0 Å². The van der Waals surface area contributed by atoms with E-state index in [1.54, 1.807) is 30.3 Å². The number of nitrogens with one attached hydrogen (secondary N) is 3. The normalized spacial score (nSPS) is 10.7. The van der Waals surface area contributed by atoms with Crippen LogP contribution in [-0.4, -0.2) is 59.5 Å². The molecule has 0 spiro atoms. The number of amidine groups is 1. The minimum atomic E-state index is -3.67. The number of carbonyl (C=O) groups is 3. The van der Waals surface area contributed by atoms with Gasteiger partial charge >= 0.3 is 5.97 Å². The van der Waals surface area contributed by atoms with Crippen molar-refractivity contribution in [1.29, 1.82) is 5.41 Å². The van der Waals surface area contributed by atoms with E-state index >= 15 is 0 Å². The highest BCUT2D eigenvalue weighted by Gasteiger charge is 2.20. The number of aromatic nitrogens is 1. The molecule has 0 atom stereocenters. The van der Waals surface area contributed by atoms with E-state index in [-0.39, 0.29) is 39.9 Å². The van der Waals surface area contributed by atoms with Gasteiger partial charge in [0.1, 0.15) is 5.84 Å². The first kappa shape index (κ1) is 30.6. The van der Waals surface area contributed by atoms with Gasteiger partial charge in [0.15, 0.2) is 0 Å². The molecule has 0 bridgehead atoms. The van der Waals surface area contributed by atoms with Crippen LogP contribution in [0, 0.1) is 11.3 Å². The molecule has 2 amide bonds. The zero-order valence-electron chi connectivity index (χ0n) is 21.4. The van der Waals surface area contributed by atoms with Crippen molar-refractivity contribution in [2.45, 2.75) is 13.8 Å². The van der Waals surface area contributed by atoms with Gasteiger partial charge in [0.05, 0.1) is 17.4 Å². The number of hydrogen-bond acceptors (Lipinski definition) is 7. The van der Waals surface area contributed by atoms with Crippen molar-refractivity contribution in [2.75, 3.05) is 18.1 Å². The monoisotopic (exact) mass is 555 g/mol. The second kappa shape index (κ2) is 13.3. The number of hydrogen-bond donors (Lipinski definition) is 6. The highest BCUT2D eigenvalue weighted by Crippen LogP contribution is 2.28. The predicted molar refractivity (Wildman–Crippen MR) is 147 cm³/mol. The van der Waals surface area contributed by atoms with Gasteiger partial charge in [-0.15, -0.1) is 0 Å². The van der Waals surface area contributed by atoms with Gasteiger partial charge in [-0.3, -0.25) is 24.5 Å². The summed E-state index contributed by atoms with van der Waals surface area (Å²) in [4.78, 5) is 41.5. The second-order valence-electron chi connectivity index (χ2n) is 8.77. The van der Waals surface area contributed by atoms with Gasteiger partial charge in [0.25, 0.3) is 21.9 Å². The average molecular weight is 556 g/mol. The van der Waals surface area contributed by atoms with Crippen LogP contribution < -0.4 is 16.4 Å². The summed E-state index contributed by atoms with van der Waals surface area (Å²) in [5, 5.41) is 22.8.